The monoisotopic (exact) mass is 820 g/mol. The second kappa shape index (κ2) is 13.0. The van der Waals surface area contributed by atoms with Gasteiger partial charge in [-0.25, -0.2) is 0 Å². The lowest BCUT2D eigenvalue weighted by Gasteiger charge is -2.45. The summed E-state index contributed by atoms with van der Waals surface area (Å²) in [6.07, 6.45) is 0. The molecule has 12 aromatic rings. The van der Waals surface area contributed by atoms with Crippen molar-refractivity contribution in [2.75, 3.05) is 4.90 Å². The average molecular weight is 821 g/mol. The predicted molar refractivity (Wildman–Crippen MR) is 263 cm³/mol. The summed E-state index contributed by atoms with van der Waals surface area (Å²) in [6, 6.07) is 80.3. The molecule has 0 saturated heterocycles. The van der Waals surface area contributed by atoms with Crippen LogP contribution in [0, 0.1) is 0 Å². The molecule has 1 aliphatic carbocycles. The highest BCUT2D eigenvalue weighted by molar-refractivity contribution is 7.25. The van der Waals surface area contributed by atoms with Gasteiger partial charge in [0, 0.05) is 64.8 Å². The minimum Gasteiger partial charge on any atom is -0.457 e. The maximum absolute atomic E-state index is 6.93. The van der Waals surface area contributed by atoms with Crippen molar-refractivity contribution in [1.82, 2.24) is 4.57 Å². The summed E-state index contributed by atoms with van der Waals surface area (Å²) in [4.78, 5) is 2.41. The number of benzene rings is 10. The Bertz CT molecular complexity index is 3860. The lowest BCUT2D eigenvalue weighted by molar-refractivity contribution is 0.435. The topological polar surface area (TPSA) is 17.4 Å². The summed E-state index contributed by atoms with van der Waals surface area (Å²) in [7, 11) is 0. The molecular formula is C59H36N2OS. The van der Waals surface area contributed by atoms with Gasteiger partial charge in [-0.15, -0.1) is 11.3 Å². The molecular weight excluding hydrogens is 785 g/mol. The molecule has 2 aromatic heterocycles. The fourth-order valence-electron chi connectivity index (χ4n) is 11.1. The van der Waals surface area contributed by atoms with Gasteiger partial charge in [0.05, 0.1) is 16.4 Å². The zero-order chi connectivity index (χ0) is 41.2. The summed E-state index contributed by atoms with van der Waals surface area (Å²) >= 11 is 1.86. The number of para-hydroxylation sites is 3. The Morgan fingerprint density at radius 3 is 1.97 bits per heavy atom. The van der Waals surface area contributed by atoms with Crippen molar-refractivity contribution in [2.24, 2.45) is 0 Å². The van der Waals surface area contributed by atoms with E-state index in [2.05, 4.69) is 228 Å². The van der Waals surface area contributed by atoms with Gasteiger partial charge in [-0.05, 0) is 106 Å². The van der Waals surface area contributed by atoms with Gasteiger partial charge < -0.3 is 14.2 Å². The molecule has 294 valence electrons. The number of hydrogen-bond donors (Lipinski definition) is 0. The molecule has 0 amide bonds. The van der Waals surface area contributed by atoms with Crippen LogP contribution < -0.4 is 9.64 Å². The van der Waals surface area contributed by atoms with E-state index in [1.807, 2.05) is 11.3 Å². The number of fused-ring (bicyclic) bond motifs is 14. The average Bonchev–Trinajstić information content (AvgIpc) is 3.88. The van der Waals surface area contributed by atoms with Crippen LogP contribution in [0.2, 0.25) is 0 Å². The zero-order valence-corrected chi connectivity index (χ0v) is 34.8. The smallest absolute Gasteiger partial charge is 0.132 e. The van der Waals surface area contributed by atoms with E-state index in [0.717, 1.165) is 50.9 Å². The molecule has 1 spiro atoms. The first-order chi connectivity index (χ1) is 31.2. The highest BCUT2D eigenvalue weighted by Crippen LogP contribution is 2.61. The summed E-state index contributed by atoms with van der Waals surface area (Å²) in [5, 5.41) is 7.59. The first kappa shape index (κ1) is 34.8. The molecule has 0 N–H and O–H groups in total. The van der Waals surface area contributed by atoms with Gasteiger partial charge >= 0.3 is 0 Å². The fourth-order valence-corrected chi connectivity index (χ4v) is 12.2. The molecule has 0 saturated carbocycles. The van der Waals surface area contributed by atoms with E-state index in [1.165, 1.54) is 69.5 Å². The Labute approximate surface area is 367 Å². The maximum Gasteiger partial charge on any atom is 0.132 e. The largest absolute Gasteiger partial charge is 0.457 e. The Kier molecular flexibility index (Phi) is 7.20. The van der Waals surface area contributed by atoms with Gasteiger partial charge in [0.1, 0.15) is 11.5 Å². The van der Waals surface area contributed by atoms with Crippen LogP contribution in [0.4, 0.5) is 17.1 Å². The minimum atomic E-state index is -0.644. The van der Waals surface area contributed by atoms with Gasteiger partial charge in [-0.2, -0.15) is 0 Å². The molecule has 3 heterocycles. The second-order valence-electron chi connectivity index (χ2n) is 16.8. The van der Waals surface area contributed by atoms with Crippen LogP contribution in [0.5, 0.6) is 11.5 Å². The van der Waals surface area contributed by atoms with Crippen LogP contribution >= 0.6 is 11.3 Å². The highest BCUT2D eigenvalue weighted by Gasteiger charge is 2.49. The molecule has 0 radical (unpaired) electrons. The lowest BCUT2D eigenvalue weighted by atomic mass is 9.58. The van der Waals surface area contributed by atoms with E-state index in [-0.39, 0.29) is 0 Å². The van der Waals surface area contributed by atoms with Crippen LogP contribution in [-0.2, 0) is 5.41 Å². The number of ether oxygens (including phenoxy) is 1. The highest BCUT2D eigenvalue weighted by atomic mass is 32.1. The van der Waals surface area contributed by atoms with Crippen LogP contribution in [0.15, 0.2) is 218 Å². The van der Waals surface area contributed by atoms with E-state index in [1.54, 1.807) is 0 Å². The summed E-state index contributed by atoms with van der Waals surface area (Å²) in [6.45, 7) is 0. The number of thiophene rings is 1. The lowest BCUT2D eigenvalue weighted by Crippen LogP contribution is -2.36. The van der Waals surface area contributed by atoms with Crippen molar-refractivity contribution in [1.29, 1.82) is 0 Å². The maximum atomic E-state index is 6.93. The van der Waals surface area contributed by atoms with Crippen molar-refractivity contribution < 1.29 is 4.74 Å². The van der Waals surface area contributed by atoms with Gasteiger partial charge in [-0.3, -0.25) is 0 Å². The first-order valence-corrected chi connectivity index (χ1v) is 22.4. The van der Waals surface area contributed by atoms with Crippen molar-refractivity contribution in [2.45, 2.75) is 5.41 Å². The van der Waals surface area contributed by atoms with Gasteiger partial charge in [-0.1, -0.05) is 146 Å². The predicted octanol–water partition coefficient (Wildman–Crippen LogP) is 16.2. The third-order valence-corrected chi connectivity index (χ3v) is 14.8. The fraction of sp³-hybridized carbons (Fsp3) is 0.0169. The van der Waals surface area contributed by atoms with Crippen LogP contribution in [0.3, 0.4) is 0 Å². The quantitative estimate of drug-likeness (QED) is 0.176. The molecule has 1 atom stereocenters. The molecule has 2 aliphatic rings. The molecule has 3 nitrogen and oxygen atoms in total. The van der Waals surface area contributed by atoms with E-state index in [9.17, 15) is 0 Å². The van der Waals surface area contributed by atoms with Gasteiger partial charge in [0.15, 0.2) is 0 Å². The number of aromatic nitrogens is 1. The molecule has 4 heteroatoms. The Morgan fingerprint density at radius 2 is 1.05 bits per heavy atom. The van der Waals surface area contributed by atoms with E-state index >= 15 is 0 Å². The zero-order valence-electron chi connectivity index (χ0n) is 34.0. The van der Waals surface area contributed by atoms with Crippen molar-refractivity contribution in [3.63, 3.8) is 0 Å². The molecule has 1 aliphatic heterocycles. The van der Waals surface area contributed by atoms with E-state index < -0.39 is 5.41 Å². The third-order valence-electron chi connectivity index (χ3n) is 13.6. The van der Waals surface area contributed by atoms with E-state index in [0.29, 0.717) is 0 Å². The van der Waals surface area contributed by atoms with E-state index in [4.69, 9.17) is 4.74 Å². The van der Waals surface area contributed by atoms with Gasteiger partial charge in [0.25, 0.3) is 0 Å². The number of anilines is 3. The molecule has 63 heavy (non-hydrogen) atoms. The molecule has 0 bridgehead atoms. The summed E-state index contributed by atoms with van der Waals surface area (Å²) in [5.74, 6) is 1.75. The first-order valence-electron chi connectivity index (χ1n) is 21.6. The second-order valence-corrected chi connectivity index (χ2v) is 17.9. The minimum absolute atomic E-state index is 0.644. The number of hydrogen-bond acceptors (Lipinski definition) is 3. The molecule has 14 rings (SSSR count). The number of rotatable bonds is 4. The molecule has 10 aromatic carbocycles. The van der Waals surface area contributed by atoms with Crippen molar-refractivity contribution >= 4 is 81.1 Å². The Hall–Kier alpha value is -7.92. The normalized spacial score (nSPS) is 14.9. The van der Waals surface area contributed by atoms with Gasteiger partial charge in [0.2, 0.25) is 0 Å². The van der Waals surface area contributed by atoms with Crippen LogP contribution in [0.1, 0.15) is 22.3 Å². The summed E-state index contributed by atoms with van der Waals surface area (Å²) in [5.41, 5.74) is 13.4. The van der Waals surface area contributed by atoms with Crippen molar-refractivity contribution in [3.05, 3.63) is 241 Å². The summed E-state index contributed by atoms with van der Waals surface area (Å²) < 4.78 is 12.0. The SMILES string of the molecule is c1ccc(N(c2ccc3c(c2)C2(c4ccccc4O3)c3ccccc3-c3cccc4cccc2c34)c2ccc3c4ccccc4n(-c4ccc5c(c4)sc4ccccc45)c3c2)cc1. The molecule has 0 fully saturated rings. The van der Waals surface area contributed by atoms with Crippen LogP contribution in [-0.4, -0.2) is 4.57 Å². The standard InChI is InChI=1S/C59H36N2OS/c1-2-16-38(17-3-1)60(40-28-31-44-43-19-5-9-25-52(43)61(53(44)35-40)41-29-32-46-45-20-6-11-27-56(45)63-57(46)36-41)39-30-33-55-51(34-39)59(49-23-8-10-26-54(49)62-55)48-22-7-4-18-42(48)47-21-12-14-37-15-13-24-50(59)58(37)47/h1-36H. The number of nitrogens with zero attached hydrogens (tertiary/aromatic N) is 2. The Morgan fingerprint density at radius 1 is 0.397 bits per heavy atom. The molecule has 1 unspecified atom stereocenters. The van der Waals surface area contributed by atoms with Crippen LogP contribution in [0.25, 0.3) is 69.6 Å². The third kappa shape index (κ3) is 4.79. The Balaban J connectivity index is 1.03. The van der Waals surface area contributed by atoms with Crippen molar-refractivity contribution in [3.8, 4) is 28.3 Å².